The molecule has 1 saturated carbocycles. The van der Waals surface area contributed by atoms with Gasteiger partial charge in [0.15, 0.2) is 0 Å². The molecule has 0 spiro atoms. The van der Waals surface area contributed by atoms with Gasteiger partial charge in [0.2, 0.25) is 17.7 Å². The molecule has 1 aliphatic carbocycles. The van der Waals surface area contributed by atoms with Crippen molar-refractivity contribution in [2.24, 2.45) is 5.92 Å². The van der Waals surface area contributed by atoms with Gasteiger partial charge in [0.1, 0.15) is 0 Å². The molecule has 3 rings (SSSR count). The molecule has 146 valence electrons. The van der Waals surface area contributed by atoms with Gasteiger partial charge >= 0.3 is 0 Å². The minimum absolute atomic E-state index is 0.0620. The highest BCUT2D eigenvalue weighted by molar-refractivity contribution is 5.84. The van der Waals surface area contributed by atoms with Crippen molar-refractivity contribution in [2.45, 2.75) is 70.3 Å². The second kappa shape index (κ2) is 8.87. The average Bonchev–Trinajstić information content (AvgIpc) is 3.07. The molecule has 0 aromatic heterocycles. The van der Waals surface area contributed by atoms with Crippen LogP contribution in [0.25, 0.3) is 0 Å². The highest BCUT2D eigenvalue weighted by atomic mass is 16.2. The molecule has 0 N–H and O–H groups in total. The number of hydrogen-bond acceptors (Lipinski definition) is 3. The molecule has 0 bridgehead atoms. The van der Waals surface area contributed by atoms with Crippen molar-refractivity contribution in [1.29, 1.82) is 0 Å². The maximum Gasteiger partial charge on any atom is 0.227 e. The minimum atomic E-state index is -0.0620. The summed E-state index contributed by atoms with van der Waals surface area (Å²) in [6, 6.07) is 0.378. The Bertz CT molecular complexity index is 530. The van der Waals surface area contributed by atoms with Crippen LogP contribution in [-0.2, 0) is 14.4 Å². The summed E-state index contributed by atoms with van der Waals surface area (Å²) < 4.78 is 0. The first-order valence-corrected chi connectivity index (χ1v) is 10.4. The van der Waals surface area contributed by atoms with E-state index in [4.69, 9.17) is 0 Å². The zero-order valence-corrected chi connectivity index (χ0v) is 16.1. The van der Waals surface area contributed by atoms with Crippen LogP contribution in [-0.4, -0.2) is 71.7 Å². The first-order valence-electron chi connectivity index (χ1n) is 10.4. The Labute approximate surface area is 156 Å². The smallest absolute Gasteiger partial charge is 0.227 e. The van der Waals surface area contributed by atoms with Gasteiger partial charge in [0, 0.05) is 52.1 Å². The topological polar surface area (TPSA) is 60.9 Å². The Kier molecular flexibility index (Phi) is 6.54. The van der Waals surface area contributed by atoms with Crippen LogP contribution in [0.2, 0.25) is 0 Å². The van der Waals surface area contributed by atoms with E-state index < -0.39 is 0 Å². The van der Waals surface area contributed by atoms with Gasteiger partial charge in [0.05, 0.1) is 5.92 Å². The summed E-state index contributed by atoms with van der Waals surface area (Å²) in [7, 11) is 1.94. The number of nitrogens with zero attached hydrogens (tertiary/aromatic N) is 3. The van der Waals surface area contributed by atoms with Crippen LogP contribution in [0.4, 0.5) is 0 Å². The Morgan fingerprint density at radius 2 is 1.65 bits per heavy atom. The summed E-state index contributed by atoms with van der Waals surface area (Å²) in [6.45, 7) is 2.77. The summed E-state index contributed by atoms with van der Waals surface area (Å²) in [5.74, 6) is 0.538. The highest BCUT2D eigenvalue weighted by Crippen LogP contribution is 2.26. The van der Waals surface area contributed by atoms with E-state index in [0.717, 1.165) is 38.8 Å². The Balaban J connectivity index is 1.47. The van der Waals surface area contributed by atoms with E-state index in [1.807, 2.05) is 21.7 Å². The van der Waals surface area contributed by atoms with Crippen LogP contribution < -0.4 is 0 Å². The molecule has 3 amide bonds. The molecule has 3 fully saturated rings. The summed E-state index contributed by atoms with van der Waals surface area (Å²) in [6.07, 6.45) is 9.49. The van der Waals surface area contributed by atoms with Gasteiger partial charge in [-0.05, 0) is 32.1 Å². The lowest BCUT2D eigenvalue weighted by Crippen LogP contribution is -2.49. The van der Waals surface area contributed by atoms with Crippen LogP contribution in [0.3, 0.4) is 0 Å². The van der Waals surface area contributed by atoms with Gasteiger partial charge in [-0.1, -0.05) is 19.3 Å². The van der Waals surface area contributed by atoms with Crippen molar-refractivity contribution in [2.75, 3.05) is 33.2 Å². The second-order valence-electron chi connectivity index (χ2n) is 8.15. The van der Waals surface area contributed by atoms with E-state index in [2.05, 4.69) is 0 Å². The summed E-state index contributed by atoms with van der Waals surface area (Å²) in [5, 5.41) is 0. The van der Waals surface area contributed by atoms with Gasteiger partial charge in [-0.2, -0.15) is 0 Å². The molecule has 3 aliphatic rings. The van der Waals surface area contributed by atoms with Gasteiger partial charge in [-0.15, -0.1) is 0 Å². The molecule has 6 heteroatoms. The maximum atomic E-state index is 12.9. The predicted octanol–water partition coefficient (Wildman–Crippen LogP) is 2.03. The fourth-order valence-electron chi connectivity index (χ4n) is 4.66. The third kappa shape index (κ3) is 4.57. The van der Waals surface area contributed by atoms with Crippen LogP contribution in [0.5, 0.6) is 0 Å². The van der Waals surface area contributed by atoms with E-state index in [9.17, 15) is 14.4 Å². The van der Waals surface area contributed by atoms with Crippen LogP contribution in [0.15, 0.2) is 0 Å². The molecular formula is C20H33N3O3. The molecule has 2 aliphatic heterocycles. The van der Waals surface area contributed by atoms with Gasteiger partial charge in [-0.3, -0.25) is 14.4 Å². The summed E-state index contributed by atoms with van der Waals surface area (Å²) in [4.78, 5) is 42.5. The SMILES string of the molecule is CN(C(=O)C1CCC(=O)N(CCCN2CCCC2=O)C1)C1CCCCC1. The first-order chi connectivity index (χ1) is 12.6. The molecule has 1 unspecified atom stereocenters. The second-order valence-corrected chi connectivity index (χ2v) is 8.15. The van der Waals surface area contributed by atoms with Crippen molar-refractivity contribution in [3.8, 4) is 0 Å². The lowest BCUT2D eigenvalue weighted by atomic mass is 9.91. The van der Waals surface area contributed by atoms with Crippen molar-refractivity contribution in [1.82, 2.24) is 14.7 Å². The molecule has 6 nitrogen and oxygen atoms in total. The molecule has 1 atom stereocenters. The zero-order chi connectivity index (χ0) is 18.5. The number of hydrogen-bond donors (Lipinski definition) is 0. The number of piperidine rings is 1. The highest BCUT2D eigenvalue weighted by Gasteiger charge is 2.34. The fourth-order valence-corrected chi connectivity index (χ4v) is 4.66. The van der Waals surface area contributed by atoms with E-state index in [1.54, 1.807) is 0 Å². The maximum absolute atomic E-state index is 12.9. The minimum Gasteiger partial charge on any atom is -0.343 e. The van der Waals surface area contributed by atoms with E-state index in [1.165, 1.54) is 19.3 Å². The molecule has 0 radical (unpaired) electrons. The largest absolute Gasteiger partial charge is 0.343 e. The van der Waals surface area contributed by atoms with Gasteiger partial charge < -0.3 is 14.7 Å². The van der Waals surface area contributed by atoms with Crippen molar-refractivity contribution >= 4 is 17.7 Å². The number of carbonyl (C=O) groups is 3. The Morgan fingerprint density at radius 3 is 2.35 bits per heavy atom. The lowest BCUT2D eigenvalue weighted by molar-refractivity contribution is -0.144. The third-order valence-corrected chi connectivity index (χ3v) is 6.35. The van der Waals surface area contributed by atoms with Crippen LogP contribution in [0.1, 0.15) is 64.2 Å². The van der Waals surface area contributed by atoms with Crippen LogP contribution >= 0.6 is 0 Å². The van der Waals surface area contributed by atoms with E-state index in [-0.39, 0.29) is 23.6 Å². The molecular weight excluding hydrogens is 330 g/mol. The average molecular weight is 364 g/mol. The quantitative estimate of drug-likeness (QED) is 0.725. The fraction of sp³-hybridized carbons (Fsp3) is 0.850. The Hall–Kier alpha value is -1.59. The van der Waals surface area contributed by atoms with Gasteiger partial charge in [0.25, 0.3) is 0 Å². The van der Waals surface area contributed by atoms with Crippen molar-refractivity contribution in [3.63, 3.8) is 0 Å². The summed E-state index contributed by atoms with van der Waals surface area (Å²) in [5.41, 5.74) is 0. The van der Waals surface area contributed by atoms with Crippen molar-refractivity contribution < 1.29 is 14.4 Å². The summed E-state index contributed by atoms with van der Waals surface area (Å²) >= 11 is 0. The lowest BCUT2D eigenvalue weighted by Gasteiger charge is -2.37. The Morgan fingerprint density at radius 1 is 0.962 bits per heavy atom. The number of amides is 3. The molecule has 0 aromatic carbocycles. The van der Waals surface area contributed by atoms with Crippen molar-refractivity contribution in [3.05, 3.63) is 0 Å². The normalized spacial score (nSPS) is 25.0. The zero-order valence-electron chi connectivity index (χ0n) is 16.1. The number of rotatable bonds is 6. The molecule has 26 heavy (non-hydrogen) atoms. The molecule has 0 aromatic rings. The third-order valence-electron chi connectivity index (χ3n) is 6.35. The molecule has 2 saturated heterocycles. The number of likely N-dealkylation sites (tertiary alicyclic amines) is 2. The predicted molar refractivity (Wildman–Crippen MR) is 99.4 cm³/mol. The standard InChI is InChI=1S/C20H33N3O3/c1-21(17-7-3-2-4-8-17)20(26)16-10-11-19(25)23(15-16)14-6-13-22-12-5-9-18(22)24/h16-17H,2-15H2,1H3. The number of carbonyl (C=O) groups excluding carboxylic acids is 3. The van der Waals surface area contributed by atoms with E-state index >= 15 is 0 Å². The van der Waals surface area contributed by atoms with Gasteiger partial charge in [-0.25, -0.2) is 0 Å². The van der Waals surface area contributed by atoms with E-state index in [0.29, 0.717) is 38.4 Å². The monoisotopic (exact) mass is 363 g/mol. The van der Waals surface area contributed by atoms with Crippen LogP contribution in [0, 0.1) is 5.92 Å². The molecule has 2 heterocycles. The first kappa shape index (κ1) is 19.2.